The molecule has 0 amide bonds. The van der Waals surface area contributed by atoms with Crippen molar-refractivity contribution < 1.29 is 8.42 Å². The quantitative estimate of drug-likeness (QED) is 0.857. The van der Waals surface area contributed by atoms with Gasteiger partial charge in [0.2, 0.25) is 10.0 Å². The molecule has 0 saturated heterocycles. The minimum absolute atomic E-state index is 0.157. The molecule has 1 aromatic carbocycles. The second-order valence-corrected chi connectivity index (χ2v) is 7.47. The zero-order valence-electron chi connectivity index (χ0n) is 12.1. The Morgan fingerprint density at radius 1 is 1.24 bits per heavy atom. The number of rotatable bonds is 4. The Balaban J connectivity index is 1.70. The van der Waals surface area contributed by atoms with Crippen LogP contribution in [0.1, 0.15) is 17.0 Å². The van der Waals surface area contributed by atoms with Gasteiger partial charge in [0, 0.05) is 20.0 Å². The molecule has 0 radical (unpaired) electrons. The van der Waals surface area contributed by atoms with E-state index in [1.54, 1.807) is 10.6 Å². The molecule has 6 heteroatoms. The molecule has 0 fully saturated rings. The normalized spacial score (nSPS) is 15.9. The Morgan fingerprint density at radius 2 is 2.00 bits per heavy atom. The Bertz CT molecular complexity index is 723. The summed E-state index contributed by atoms with van der Waals surface area (Å²) in [7, 11) is -1.32. The van der Waals surface area contributed by atoms with Crippen LogP contribution in [0.15, 0.2) is 36.7 Å². The molecular weight excluding hydrogens is 286 g/mol. The summed E-state index contributed by atoms with van der Waals surface area (Å²) in [6.45, 7) is 0.962. The van der Waals surface area contributed by atoms with E-state index < -0.39 is 10.0 Å². The van der Waals surface area contributed by atoms with Gasteiger partial charge in [-0.2, -0.15) is 4.31 Å². The first-order valence-electron chi connectivity index (χ1n) is 7.07. The van der Waals surface area contributed by atoms with Gasteiger partial charge in [0.15, 0.2) is 0 Å². The van der Waals surface area contributed by atoms with Gasteiger partial charge in [-0.15, -0.1) is 0 Å². The minimum Gasteiger partial charge on any atom is -0.336 e. The van der Waals surface area contributed by atoms with Crippen molar-refractivity contribution in [2.24, 2.45) is 7.05 Å². The molecule has 3 rings (SSSR count). The van der Waals surface area contributed by atoms with E-state index in [2.05, 4.69) is 4.98 Å². The topological polar surface area (TPSA) is 55.2 Å². The molecule has 1 aliphatic heterocycles. The molecule has 1 aliphatic rings. The van der Waals surface area contributed by atoms with Gasteiger partial charge >= 0.3 is 0 Å². The van der Waals surface area contributed by atoms with Crippen LogP contribution in [-0.2, 0) is 36.5 Å². The van der Waals surface area contributed by atoms with Crippen molar-refractivity contribution in [1.82, 2.24) is 13.9 Å². The van der Waals surface area contributed by atoms with Crippen molar-refractivity contribution >= 4 is 10.0 Å². The average molecular weight is 305 g/mol. The lowest BCUT2D eigenvalue weighted by Gasteiger charge is -2.26. The predicted molar refractivity (Wildman–Crippen MR) is 81.3 cm³/mol. The van der Waals surface area contributed by atoms with E-state index in [9.17, 15) is 8.42 Å². The van der Waals surface area contributed by atoms with E-state index in [-0.39, 0.29) is 5.75 Å². The highest BCUT2D eigenvalue weighted by atomic mass is 32.2. The number of aromatic nitrogens is 2. The summed E-state index contributed by atoms with van der Waals surface area (Å²) in [5.41, 5.74) is 3.08. The largest absolute Gasteiger partial charge is 0.336 e. The predicted octanol–water partition coefficient (Wildman–Crippen LogP) is 1.35. The molecule has 2 aromatic rings. The average Bonchev–Trinajstić information content (AvgIpc) is 2.87. The summed E-state index contributed by atoms with van der Waals surface area (Å²) < 4.78 is 28.5. The summed E-state index contributed by atoms with van der Waals surface area (Å²) in [6, 6.07) is 9.73. The molecule has 0 aliphatic carbocycles. The van der Waals surface area contributed by atoms with Crippen LogP contribution in [0, 0.1) is 0 Å². The number of nitrogens with zero attached hydrogens (tertiary/aromatic N) is 3. The molecular formula is C15H19N3O2S. The summed E-state index contributed by atoms with van der Waals surface area (Å²) >= 11 is 0. The molecule has 112 valence electrons. The van der Waals surface area contributed by atoms with E-state index in [0.29, 0.717) is 25.9 Å². The smallest absolute Gasteiger partial charge is 0.214 e. The maximum absolute atomic E-state index is 12.5. The van der Waals surface area contributed by atoms with Crippen molar-refractivity contribution in [2.45, 2.75) is 19.4 Å². The molecule has 0 atom stereocenters. The first-order valence-corrected chi connectivity index (χ1v) is 8.68. The van der Waals surface area contributed by atoms with Crippen LogP contribution in [0.25, 0.3) is 0 Å². The van der Waals surface area contributed by atoms with Gasteiger partial charge < -0.3 is 4.57 Å². The van der Waals surface area contributed by atoms with Crippen molar-refractivity contribution in [3.05, 3.63) is 53.6 Å². The van der Waals surface area contributed by atoms with Gasteiger partial charge in [0.05, 0.1) is 30.0 Å². The number of sulfonamides is 1. The first kappa shape index (κ1) is 14.3. The van der Waals surface area contributed by atoms with E-state index in [0.717, 1.165) is 17.0 Å². The molecule has 0 N–H and O–H groups in total. The van der Waals surface area contributed by atoms with Crippen LogP contribution >= 0.6 is 0 Å². The van der Waals surface area contributed by atoms with Crippen LogP contribution in [0.4, 0.5) is 0 Å². The Kier molecular flexibility index (Phi) is 3.82. The minimum atomic E-state index is -3.23. The second-order valence-electron chi connectivity index (χ2n) is 5.38. The monoisotopic (exact) mass is 305 g/mol. The summed E-state index contributed by atoms with van der Waals surface area (Å²) in [6.07, 6.45) is 3.00. The highest BCUT2D eigenvalue weighted by molar-refractivity contribution is 7.89. The van der Waals surface area contributed by atoms with Gasteiger partial charge in [0.1, 0.15) is 0 Å². The molecule has 1 aromatic heterocycles. The Hall–Kier alpha value is -1.66. The molecule has 0 spiro atoms. The number of fused-ring (bicyclic) bond motifs is 1. The third kappa shape index (κ3) is 3.01. The Morgan fingerprint density at radius 3 is 2.76 bits per heavy atom. The van der Waals surface area contributed by atoms with Gasteiger partial charge in [-0.05, 0) is 12.0 Å². The summed E-state index contributed by atoms with van der Waals surface area (Å²) in [5, 5.41) is 0. The van der Waals surface area contributed by atoms with Gasteiger partial charge in [-0.25, -0.2) is 13.4 Å². The number of hydrogen-bond acceptors (Lipinski definition) is 3. The van der Waals surface area contributed by atoms with Crippen molar-refractivity contribution in [1.29, 1.82) is 0 Å². The third-order valence-corrected chi connectivity index (χ3v) is 5.77. The number of benzene rings is 1. The molecule has 2 heterocycles. The number of hydrogen-bond donors (Lipinski definition) is 0. The van der Waals surface area contributed by atoms with Crippen LogP contribution in [0.2, 0.25) is 0 Å². The van der Waals surface area contributed by atoms with Crippen LogP contribution in [0.3, 0.4) is 0 Å². The molecule has 0 unspecified atom stereocenters. The van der Waals surface area contributed by atoms with Gasteiger partial charge in [-0.3, -0.25) is 0 Å². The lowest BCUT2D eigenvalue weighted by molar-refractivity contribution is 0.380. The number of aryl methyl sites for hydroxylation is 2. The lowest BCUT2D eigenvalue weighted by atomic mass is 10.2. The zero-order chi connectivity index (χ0) is 14.9. The van der Waals surface area contributed by atoms with Crippen LogP contribution in [-0.4, -0.2) is 34.6 Å². The fourth-order valence-electron chi connectivity index (χ4n) is 2.65. The molecule has 21 heavy (non-hydrogen) atoms. The highest BCUT2D eigenvalue weighted by Gasteiger charge is 2.28. The second kappa shape index (κ2) is 5.61. The van der Waals surface area contributed by atoms with Crippen molar-refractivity contribution in [3.8, 4) is 0 Å². The number of imidazole rings is 1. The molecule has 5 nitrogen and oxygen atoms in total. The van der Waals surface area contributed by atoms with Crippen molar-refractivity contribution in [3.63, 3.8) is 0 Å². The van der Waals surface area contributed by atoms with Crippen LogP contribution in [0.5, 0.6) is 0 Å². The standard InChI is InChI=1S/C15H19N3O2S/c1-17-12-16-14-7-9-18(11-15(14)17)21(19,20)10-8-13-5-3-2-4-6-13/h2-6,12H,7-11H2,1H3. The third-order valence-electron chi connectivity index (χ3n) is 3.95. The van der Waals surface area contributed by atoms with Gasteiger partial charge in [0.25, 0.3) is 0 Å². The van der Waals surface area contributed by atoms with E-state index >= 15 is 0 Å². The Labute approximate surface area is 125 Å². The molecule has 0 bridgehead atoms. The maximum Gasteiger partial charge on any atom is 0.214 e. The fraction of sp³-hybridized carbons (Fsp3) is 0.400. The van der Waals surface area contributed by atoms with E-state index in [1.807, 2.05) is 41.9 Å². The van der Waals surface area contributed by atoms with E-state index in [1.165, 1.54) is 0 Å². The zero-order valence-corrected chi connectivity index (χ0v) is 12.9. The SMILES string of the molecule is Cn1cnc2c1CN(S(=O)(=O)CCc1ccccc1)CC2. The van der Waals surface area contributed by atoms with Crippen LogP contribution < -0.4 is 0 Å². The fourth-order valence-corrected chi connectivity index (χ4v) is 4.09. The summed E-state index contributed by atoms with van der Waals surface area (Å²) in [4.78, 5) is 4.31. The molecule has 0 saturated carbocycles. The van der Waals surface area contributed by atoms with E-state index in [4.69, 9.17) is 0 Å². The van der Waals surface area contributed by atoms with Crippen molar-refractivity contribution in [2.75, 3.05) is 12.3 Å². The lowest BCUT2D eigenvalue weighted by Crippen LogP contribution is -2.38. The maximum atomic E-state index is 12.5. The first-order chi connectivity index (χ1) is 10.1. The highest BCUT2D eigenvalue weighted by Crippen LogP contribution is 2.20. The van der Waals surface area contributed by atoms with Gasteiger partial charge in [-0.1, -0.05) is 30.3 Å². The summed E-state index contributed by atoms with van der Waals surface area (Å²) in [5.74, 6) is 0.157.